The molecule has 1 amide bonds. The van der Waals surface area contributed by atoms with Crippen LogP contribution in [0.25, 0.3) is 0 Å². The molecule has 1 unspecified atom stereocenters. The predicted molar refractivity (Wildman–Crippen MR) is 67.2 cm³/mol. The Bertz CT molecular complexity index is 519. The number of carbonyl (C=O) groups excluding carboxylic acids is 1. The molecule has 4 nitrogen and oxygen atoms in total. The van der Waals surface area contributed by atoms with Crippen molar-refractivity contribution in [3.8, 4) is 0 Å². The number of aliphatic hydroxyl groups is 1. The zero-order valence-electron chi connectivity index (χ0n) is 10.1. The highest BCUT2D eigenvalue weighted by molar-refractivity contribution is 5.94. The van der Waals surface area contributed by atoms with Crippen LogP contribution in [0.1, 0.15) is 27.7 Å². The van der Waals surface area contributed by atoms with E-state index in [-0.39, 0.29) is 12.5 Å². The maximum absolute atomic E-state index is 11.9. The lowest BCUT2D eigenvalue weighted by Crippen LogP contribution is -2.30. The van der Waals surface area contributed by atoms with E-state index in [1.807, 2.05) is 30.3 Å². The second-order valence-corrected chi connectivity index (χ2v) is 4.07. The number of benzene rings is 1. The van der Waals surface area contributed by atoms with E-state index in [9.17, 15) is 9.90 Å². The maximum Gasteiger partial charge on any atom is 0.255 e. The molecular formula is C14H15NO3. The Labute approximate surface area is 105 Å². The molecule has 18 heavy (non-hydrogen) atoms. The van der Waals surface area contributed by atoms with Crippen molar-refractivity contribution < 1.29 is 14.3 Å². The lowest BCUT2D eigenvalue weighted by Gasteiger charge is -2.15. The van der Waals surface area contributed by atoms with Gasteiger partial charge >= 0.3 is 0 Å². The molecule has 0 spiro atoms. The predicted octanol–water partition coefficient (Wildman–Crippen LogP) is 2.05. The summed E-state index contributed by atoms with van der Waals surface area (Å²) in [6.07, 6.45) is 1.41. The minimum absolute atomic E-state index is 0.146. The molecule has 0 aliphatic heterocycles. The molecule has 0 saturated carbocycles. The third-order valence-corrected chi connectivity index (χ3v) is 2.68. The Hall–Kier alpha value is -2.07. The van der Waals surface area contributed by atoms with Crippen LogP contribution in [0.4, 0.5) is 0 Å². The quantitative estimate of drug-likeness (QED) is 0.866. The number of hydrogen-bond acceptors (Lipinski definition) is 3. The first-order valence-corrected chi connectivity index (χ1v) is 5.72. The minimum Gasteiger partial charge on any atom is -0.469 e. The van der Waals surface area contributed by atoms with E-state index in [2.05, 4.69) is 5.32 Å². The summed E-state index contributed by atoms with van der Waals surface area (Å²) in [5.41, 5.74) is 1.33. The van der Waals surface area contributed by atoms with Crippen molar-refractivity contribution in [2.75, 3.05) is 6.61 Å². The molecule has 0 aliphatic carbocycles. The molecule has 2 aromatic rings. The second kappa shape index (κ2) is 5.51. The minimum atomic E-state index is -0.408. The van der Waals surface area contributed by atoms with Crippen molar-refractivity contribution in [2.24, 2.45) is 0 Å². The molecule has 1 atom stereocenters. The fraction of sp³-hybridized carbons (Fsp3) is 0.214. The Balaban J connectivity index is 2.10. The lowest BCUT2D eigenvalue weighted by atomic mass is 10.1. The Kier molecular flexibility index (Phi) is 3.79. The molecule has 2 rings (SSSR count). The van der Waals surface area contributed by atoms with Gasteiger partial charge in [-0.1, -0.05) is 30.3 Å². The highest BCUT2D eigenvalue weighted by atomic mass is 16.3. The Morgan fingerprint density at radius 3 is 2.67 bits per heavy atom. The SMILES string of the molecule is Cc1cc(C(=O)NC(CO)c2ccccc2)co1. The highest BCUT2D eigenvalue weighted by Crippen LogP contribution is 2.13. The molecule has 1 aromatic heterocycles. The molecule has 0 saturated heterocycles. The highest BCUT2D eigenvalue weighted by Gasteiger charge is 2.15. The first kappa shape index (κ1) is 12.4. The van der Waals surface area contributed by atoms with E-state index in [1.54, 1.807) is 13.0 Å². The summed E-state index contributed by atoms with van der Waals surface area (Å²) >= 11 is 0. The van der Waals surface area contributed by atoms with Gasteiger partial charge in [0.2, 0.25) is 0 Å². The van der Waals surface area contributed by atoms with Crippen LogP contribution < -0.4 is 5.32 Å². The number of aliphatic hydroxyl groups excluding tert-OH is 1. The smallest absolute Gasteiger partial charge is 0.255 e. The number of aryl methyl sites for hydroxylation is 1. The van der Waals surface area contributed by atoms with Gasteiger partial charge in [-0.3, -0.25) is 4.79 Å². The van der Waals surface area contributed by atoms with Crippen molar-refractivity contribution in [3.63, 3.8) is 0 Å². The number of nitrogens with one attached hydrogen (secondary N) is 1. The topological polar surface area (TPSA) is 62.5 Å². The maximum atomic E-state index is 11.9. The molecule has 2 N–H and O–H groups in total. The van der Waals surface area contributed by atoms with Crippen molar-refractivity contribution in [1.29, 1.82) is 0 Å². The molecular weight excluding hydrogens is 230 g/mol. The number of hydrogen-bond donors (Lipinski definition) is 2. The van der Waals surface area contributed by atoms with Crippen LogP contribution in [0, 0.1) is 6.92 Å². The van der Waals surface area contributed by atoms with Gasteiger partial charge in [0.25, 0.3) is 5.91 Å². The monoisotopic (exact) mass is 245 g/mol. The fourth-order valence-corrected chi connectivity index (χ4v) is 1.72. The number of rotatable bonds is 4. The molecule has 0 fully saturated rings. The average Bonchev–Trinajstić information content (AvgIpc) is 2.83. The second-order valence-electron chi connectivity index (χ2n) is 4.07. The van der Waals surface area contributed by atoms with E-state index in [0.717, 1.165) is 5.56 Å². The molecule has 0 bridgehead atoms. The number of carbonyl (C=O) groups is 1. The van der Waals surface area contributed by atoms with Crippen molar-refractivity contribution in [3.05, 3.63) is 59.5 Å². The van der Waals surface area contributed by atoms with Crippen LogP contribution in [-0.2, 0) is 0 Å². The summed E-state index contributed by atoms with van der Waals surface area (Å²) in [6.45, 7) is 1.63. The summed E-state index contributed by atoms with van der Waals surface area (Å²) in [4.78, 5) is 11.9. The first-order valence-electron chi connectivity index (χ1n) is 5.72. The van der Waals surface area contributed by atoms with Gasteiger partial charge < -0.3 is 14.8 Å². The summed E-state index contributed by atoms with van der Waals surface area (Å²) in [5.74, 6) is 0.426. The summed E-state index contributed by atoms with van der Waals surface area (Å²) in [5, 5.41) is 12.1. The average molecular weight is 245 g/mol. The van der Waals surface area contributed by atoms with Gasteiger partial charge in [-0.2, -0.15) is 0 Å². The molecule has 1 heterocycles. The first-order chi connectivity index (χ1) is 8.70. The van der Waals surface area contributed by atoms with Crippen molar-refractivity contribution in [1.82, 2.24) is 5.32 Å². The number of furan rings is 1. The zero-order chi connectivity index (χ0) is 13.0. The molecule has 1 aromatic carbocycles. The van der Waals surface area contributed by atoms with Crippen LogP contribution in [0.2, 0.25) is 0 Å². The van der Waals surface area contributed by atoms with Gasteiger partial charge in [-0.15, -0.1) is 0 Å². The van der Waals surface area contributed by atoms with Crippen molar-refractivity contribution >= 4 is 5.91 Å². The van der Waals surface area contributed by atoms with Crippen LogP contribution in [0.3, 0.4) is 0 Å². The zero-order valence-corrected chi connectivity index (χ0v) is 10.1. The van der Waals surface area contributed by atoms with Gasteiger partial charge in [0, 0.05) is 0 Å². The number of amides is 1. The summed E-state index contributed by atoms with van der Waals surface area (Å²) in [6, 6.07) is 10.6. The Morgan fingerprint density at radius 1 is 1.39 bits per heavy atom. The summed E-state index contributed by atoms with van der Waals surface area (Å²) in [7, 11) is 0. The van der Waals surface area contributed by atoms with E-state index >= 15 is 0 Å². The van der Waals surface area contributed by atoms with E-state index < -0.39 is 6.04 Å². The van der Waals surface area contributed by atoms with Crippen LogP contribution >= 0.6 is 0 Å². The molecule has 0 radical (unpaired) electrons. The van der Waals surface area contributed by atoms with E-state index in [1.165, 1.54) is 6.26 Å². The van der Waals surface area contributed by atoms with Crippen LogP contribution in [0.5, 0.6) is 0 Å². The largest absolute Gasteiger partial charge is 0.469 e. The van der Waals surface area contributed by atoms with Crippen molar-refractivity contribution in [2.45, 2.75) is 13.0 Å². The third-order valence-electron chi connectivity index (χ3n) is 2.68. The van der Waals surface area contributed by atoms with Gasteiger partial charge in [-0.05, 0) is 18.6 Å². The van der Waals surface area contributed by atoms with Crippen LogP contribution in [0.15, 0.2) is 47.1 Å². The van der Waals surface area contributed by atoms with Gasteiger partial charge in [0.1, 0.15) is 12.0 Å². The van der Waals surface area contributed by atoms with Gasteiger partial charge in [0.15, 0.2) is 0 Å². The Morgan fingerprint density at radius 2 is 2.11 bits per heavy atom. The standard InChI is InChI=1S/C14H15NO3/c1-10-7-12(9-18-10)14(17)15-13(8-16)11-5-3-2-4-6-11/h2-7,9,13,16H,8H2,1H3,(H,15,17). The molecule has 4 heteroatoms. The molecule has 0 aliphatic rings. The summed E-state index contributed by atoms with van der Waals surface area (Å²) < 4.78 is 5.08. The van der Waals surface area contributed by atoms with E-state index in [4.69, 9.17) is 4.42 Å². The van der Waals surface area contributed by atoms with Gasteiger partial charge in [0.05, 0.1) is 18.2 Å². The van der Waals surface area contributed by atoms with Gasteiger partial charge in [-0.25, -0.2) is 0 Å². The van der Waals surface area contributed by atoms with E-state index in [0.29, 0.717) is 11.3 Å². The lowest BCUT2D eigenvalue weighted by molar-refractivity contribution is 0.0915. The fourth-order valence-electron chi connectivity index (χ4n) is 1.72. The van der Waals surface area contributed by atoms with Crippen LogP contribution in [-0.4, -0.2) is 17.6 Å². The third kappa shape index (κ3) is 2.78. The molecule has 94 valence electrons. The normalized spacial score (nSPS) is 12.1.